The Morgan fingerprint density at radius 1 is 0.923 bits per heavy atom. The molecule has 1 N–H and O–H groups in total. The van der Waals surface area contributed by atoms with E-state index < -0.39 is 58.9 Å². The molecule has 2 aliphatic rings. The van der Waals surface area contributed by atoms with Crippen LogP contribution in [0.1, 0.15) is 95.8 Å². The predicted molar refractivity (Wildman–Crippen MR) is 187 cm³/mol. The van der Waals surface area contributed by atoms with E-state index >= 15 is 0 Å². The fourth-order valence-corrected chi connectivity index (χ4v) is 5.91. The number of amides is 4. The van der Waals surface area contributed by atoms with Crippen LogP contribution in [0.4, 0.5) is 5.69 Å². The number of aryl methyl sites for hydroxylation is 1. The van der Waals surface area contributed by atoms with Crippen LogP contribution in [0.25, 0.3) is 0 Å². The van der Waals surface area contributed by atoms with Crippen molar-refractivity contribution in [1.29, 1.82) is 0 Å². The normalized spacial score (nSPS) is 16.6. The number of nitrogens with zero attached hydrogens (tertiary/aromatic N) is 2. The van der Waals surface area contributed by atoms with Gasteiger partial charge in [-0.3, -0.25) is 24.0 Å². The number of esters is 1. The highest BCUT2D eigenvalue weighted by atomic mass is 16.7. The zero-order valence-electron chi connectivity index (χ0n) is 30.4. The maximum Gasteiger partial charge on any atom is 0.333 e. The first-order chi connectivity index (χ1) is 24.8. The van der Waals surface area contributed by atoms with Crippen LogP contribution in [0.3, 0.4) is 0 Å². The lowest BCUT2D eigenvalue weighted by molar-refractivity contribution is -0.197. The third-order valence-electron chi connectivity index (χ3n) is 9.43. The lowest BCUT2D eigenvalue weighted by Crippen LogP contribution is -2.53. The minimum atomic E-state index is -0.935. The number of hydrogen-bond donors (Lipinski definition) is 1. The Morgan fingerprint density at radius 3 is 2.31 bits per heavy atom. The van der Waals surface area contributed by atoms with Gasteiger partial charge in [-0.05, 0) is 73.9 Å². The molecule has 2 aromatic carbocycles. The maximum atomic E-state index is 13.9. The maximum absolute atomic E-state index is 13.9. The van der Waals surface area contributed by atoms with Crippen LogP contribution in [-0.2, 0) is 49.6 Å². The minimum absolute atomic E-state index is 0.0401. The fraction of sp³-hybridized carbons (Fsp3) is 0.500. The number of piperidine rings is 1. The molecule has 2 saturated heterocycles. The van der Waals surface area contributed by atoms with Gasteiger partial charge in [0.15, 0.2) is 11.5 Å². The highest BCUT2D eigenvalue weighted by Crippen LogP contribution is 2.32. The summed E-state index contributed by atoms with van der Waals surface area (Å²) in [7, 11) is 3.08. The summed E-state index contributed by atoms with van der Waals surface area (Å²) in [6, 6.07) is 11.3. The van der Waals surface area contributed by atoms with Crippen molar-refractivity contribution < 1.29 is 52.6 Å². The van der Waals surface area contributed by atoms with Crippen molar-refractivity contribution in [2.24, 2.45) is 5.41 Å². The number of hydrogen-bond acceptors (Lipinski definition) is 11. The Balaban J connectivity index is 1.51. The Morgan fingerprint density at radius 2 is 1.63 bits per heavy atom. The van der Waals surface area contributed by atoms with Crippen LogP contribution in [0.5, 0.6) is 11.5 Å². The van der Waals surface area contributed by atoms with Crippen molar-refractivity contribution in [3.63, 3.8) is 0 Å². The average molecular weight is 722 g/mol. The number of rotatable bonds is 16. The minimum Gasteiger partial charge on any atom is -0.493 e. The first-order valence-corrected chi connectivity index (χ1v) is 17.5. The lowest BCUT2D eigenvalue weighted by atomic mass is 9.84. The molecule has 2 unspecified atom stereocenters. The van der Waals surface area contributed by atoms with Gasteiger partial charge >= 0.3 is 11.9 Å². The molecule has 2 aliphatic heterocycles. The first-order valence-electron chi connectivity index (χ1n) is 17.5. The van der Waals surface area contributed by atoms with Crippen molar-refractivity contribution in [2.75, 3.05) is 26.1 Å². The van der Waals surface area contributed by atoms with Crippen LogP contribution in [0, 0.1) is 5.41 Å². The molecule has 2 atom stereocenters. The SMILES string of the molecule is CCC(C)(C)C(=O)C(=O)N1CCCCC1C(=O)OC(CCc1ccc(OC)c(OC)c1)c1cccc(NC(=O)CCC(=O)ON2C(=O)CCC2=O)c1. The molecule has 0 saturated carbocycles. The molecule has 0 bridgehead atoms. The summed E-state index contributed by atoms with van der Waals surface area (Å²) in [5.74, 6) is -3.42. The number of imide groups is 1. The van der Waals surface area contributed by atoms with E-state index in [1.54, 1.807) is 51.3 Å². The highest BCUT2D eigenvalue weighted by Gasteiger charge is 2.41. The van der Waals surface area contributed by atoms with E-state index in [4.69, 9.17) is 19.0 Å². The number of likely N-dealkylation sites (tertiary alicyclic amines) is 1. The predicted octanol–water partition coefficient (Wildman–Crippen LogP) is 4.63. The van der Waals surface area contributed by atoms with Gasteiger partial charge in [-0.15, -0.1) is 5.06 Å². The Kier molecular flexibility index (Phi) is 13.5. The molecule has 280 valence electrons. The number of methoxy groups -OCH3 is 2. The van der Waals surface area contributed by atoms with Gasteiger partial charge in [-0.25, -0.2) is 9.59 Å². The monoisotopic (exact) mass is 721 g/mol. The van der Waals surface area contributed by atoms with Gasteiger partial charge in [0.05, 0.1) is 20.6 Å². The molecule has 0 aliphatic carbocycles. The van der Waals surface area contributed by atoms with E-state index in [1.165, 1.54) is 12.0 Å². The summed E-state index contributed by atoms with van der Waals surface area (Å²) in [5.41, 5.74) is 0.945. The summed E-state index contributed by atoms with van der Waals surface area (Å²) < 4.78 is 17.0. The zero-order valence-corrected chi connectivity index (χ0v) is 30.4. The number of ketones is 1. The molecular formula is C38H47N3O11. The topological polar surface area (TPSA) is 175 Å². The summed E-state index contributed by atoms with van der Waals surface area (Å²) in [6.45, 7) is 5.53. The summed E-state index contributed by atoms with van der Waals surface area (Å²) >= 11 is 0. The van der Waals surface area contributed by atoms with Crippen LogP contribution in [-0.4, -0.2) is 78.1 Å². The van der Waals surface area contributed by atoms with Gasteiger partial charge in [0.2, 0.25) is 11.7 Å². The second-order valence-electron chi connectivity index (χ2n) is 13.4. The van der Waals surface area contributed by atoms with Gasteiger partial charge in [0.1, 0.15) is 12.1 Å². The standard InChI is InChI=1S/C38H47N3O11/c1-6-38(2,3)35(46)36(47)40-21-8-7-12-27(40)37(48)51-28(15-13-24-14-16-29(49-4)30(22-24)50-5)25-10-9-11-26(23-25)39-31(42)17-20-34(45)52-41-32(43)18-19-33(41)44/h9-11,14,16,22-23,27-28H,6-8,12-13,15,17-21H2,1-5H3,(H,39,42). The number of benzene rings is 2. The molecule has 0 spiro atoms. The second-order valence-corrected chi connectivity index (χ2v) is 13.4. The molecule has 4 amide bonds. The number of anilines is 1. The van der Waals surface area contributed by atoms with Crippen LogP contribution >= 0.6 is 0 Å². The molecule has 2 fully saturated rings. The Hall–Kier alpha value is -5.27. The Bertz CT molecular complexity index is 1670. The number of carbonyl (C=O) groups excluding carboxylic acids is 7. The number of hydroxylamine groups is 2. The Labute approximate surface area is 303 Å². The lowest BCUT2D eigenvalue weighted by Gasteiger charge is -2.36. The third kappa shape index (κ3) is 9.95. The van der Waals surface area contributed by atoms with Gasteiger partial charge < -0.3 is 29.3 Å². The number of ether oxygens (including phenoxy) is 3. The number of carbonyl (C=O) groups is 7. The summed E-state index contributed by atoms with van der Waals surface area (Å²) in [5, 5.41) is 3.15. The number of Topliss-reactive ketones (excluding diaryl/α,β-unsaturated/α-hetero) is 1. The zero-order chi connectivity index (χ0) is 38.0. The second kappa shape index (κ2) is 17.8. The van der Waals surface area contributed by atoms with Crippen molar-refractivity contribution >= 4 is 47.0 Å². The fourth-order valence-electron chi connectivity index (χ4n) is 5.91. The molecule has 2 heterocycles. The van der Waals surface area contributed by atoms with Gasteiger partial charge in [-0.1, -0.05) is 39.0 Å². The van der Waals surface area contributed by atoms with E-state index in [1.807, 2.05) is 19.1 Å². The van der Waals surface area contributed by atoms with E-state index in [9.17, 15) is 33.6 Å². The van der Waals surface area contributed by atoms with Crippen LogP contribution in [0.15, 0.2) is 42.5 Å². The molecular weight excluding hydrogens is 674 g/mol. The van der Waals surface area contributed by atoms with Crippen LogP contribution in [0.2, 0.25) is 0 Å². The smallest absolute Gasteiger partial charge is 0.333 e. The van der Waals surface area contributed by atoms with Crippen molar-refractivity contribution in [2.45, 2.75) is 97.1 Å². The molecule has 52 heavy (non-hydrogen) atoms. The van der Waals surface area contributed by atoms with Crippen LogP contribution < -0.4 is 14.8 Å². The van der Waals surface area contributed by atoms with Gasteiger partial charge in [-0.2, -0.15) is 0 Å². The van der Waals surface area contributed by atoms with E-state index in [2.05, 4.69) is 5.32 Å². The van der Waals surface area contributed by atoms with E-state index in [0.717, 1.165) is 5.56 Å². The van der Waals surface area contributed by atoms with Gasteiger partial charge in [0, 0.05) is 36.9 Å². The number of nitrogens with one attached hydrogen (secondary N) is 1. The van der Waals surface area contributed by atoms with E-state index in [-0.39, 0.29) is 32.2 Å². The van der Waals surface area contributed by atoms with Crippen molar-refractivity contribution in [3.05, 3.63) is 53.6 Å². The molecule has 2 aromatic rings. The quantitative estimate of drug-likeness (QED) is 0.145. The van der Waals surface area contributed by atoms with Crippen molar-refractivity contribution in [1.82, 2.24) is 9.96 Å². The van der Waals surface area contributed by atoms with Crippen molar-refractivity contribution in [3.8, 4) is 11.5 Å². The molecule has 0 aromatic heterocycles. The largest absolute Gasteiger partial charge is 0.493 e. The van der Waals surface area contributed by atoms with Gasteiger partial charge in [0.25, 0.3) is 17.7 Å². The summed E-state index contributed by atoms with van der Waals surface area (Å²) in [6.07, 6.45) is 1.39. The highest BCUT2D eigenvalue weighted by molar-refractivity contribution is 6.38. The molecule has 4 rings (SSSR count). The average Bonchev–Trinajstić information content (AvgIpc) is 3.46. The molecule has 14 nitrogen and oxygen atoms in total. The first kappa shape index (κ1) is 39.5. The third-order valence-corrected chi connectivity index (χ3v) is 9.43. The summed E-state index contributed by atoms with van der Waals surface area (Å²) in [4.78, 5) is 95.0. The van der Waals surface area contributed by atoms with E-state index in [0.29, 0.717) is 66.3 Å². The molecule has 0 radical (unpaired) electrons. The molecule has 14 heteroatoms.